The summed E-state index contributed by atoms with van der Waals surface area (Å²) in [7, 11) is 0. The van der Waals surface area contributed by atoms with Gasteiger partial charge in [0.1, 0.15) is 5.75 Å². The molecule has 3 aromatic heterocycles. The van der Waals surface area contributed by atoms with Crippen molar-refractivity contribution in [1.29, 1.82) is 0 Å². The molecule has 0 saturated carbocycles. The van der Waals surface area contributed by atoms with Gasteiger partial charge >= 0.3 is 0 Å². The van der Waals surface area contributed by atoms with Gasteiger partial charge in [-0.05, 0) is 43.3 Å². The van der Waals surface area contributed by atoms with E-state index >= 15 is 0 Å². The second-order valence-electron chi connectivity index (χ2n) is 6.37. The summed E-state index contributed by atoms with van der Waals surface area (Å²) >= 11 is 0. The van der Waals surface area contributed by atoms with E-state index in [0.29, 0.717) is 28.1 Å². The van der Waals surface area contributed by atoms with Gasteiger partial charge in [-0.15, -0.1) is 0 Å². The standard InChI is InChI=1S/C20H19N5O2/c1-12(21)16-5-3-6-17(24-16)13-8-18-15(19(27)9-13)10-22-25(18)20-7-2-4-14(11-26)23-20/h2-10,12,26-27H,11,21H2,1H3/t12-/m0/s1. The third-order valence-electron chi connectivity index (χ3n) is 4.37. The summed E-state index contributed by atoms with van der Waals surface area (Å²) < 4.78 is 1.63. The summed E-state index contributed by atoms with van der Waals surface area (Å²) in [5, 5.41) is 24.8. The Bertz CT molecular complexity index is 1120. The zero-order valence-electron chi connectivity index (χ0n) is 14.7. The molecule has 0 radical (unpaired) electrons. The van der Waals surface area contributed by atoms with E-state index in [1.807, 2.05) is 31.2 Å². The molecule has 0 unspecified atom stereocenters. The second-order valence-corrected chi connectivity index (χ2v) is 6.37. The van der Waals surface area contributed by atoms with Crippen molar-refractivity contribution in [3.63, 3.8) is 0 Å². The van der Waals surface area contributed by atoms with Gasteiger partial charge in [0.2, 0.25) is 0 Å². The lowest BCUT2D eigenvalue weighted by Crippen LogP contribution is -2.07. The Morgan fingerprint density at radius 3 is 2.70 bits per heavy atom. The monoisotopic (exact) mass is 361 g/mol. The van der Waals surface area contributed by atoms with Gasteiger partial charge in [-0.25, -0.2) is 9.67 Å². The fourth-order valence-corrected chi connectivity index (χ4v) is 2.98. The minimum Gasteiger partial charge on any atom is -0.507 e. The fraction of sp³-hybridized carbons (Fsp3) is 0.150. The van der Waals surface area contributed by atoms with Crippen molar-refractivity contribution in [3.8, 4) is 22.8 Å². The molecular formula is C20H19N5O2. The summed E-state index contributed by atoms with van der Waals surface area (Å²) in [4.78, 5) is 8.98. The van der Waals surface area contributed by atoms with E-state index in [1.165, 1.54) is 0 Å². The molecule has 0 aliphatic rings. The summed E-state index contributed by atoms with van der Waals surface area (Å²) in [6.07, 6.45) is 1.59. The highest BCUT2D eigenvalue weighted by atomic mass is 16.3. The molecule has 4 rings (SSSR count). The van der Waals surface area contributed by atoms with Crippen LogP contribution in [-0.2, 0) is 6.61 Å². The first-order chi connectivity index (χ1) is 13.1. The summed E-state index contributed by atoms with van der Waals surface area (Å²) in [6, 6.07) is 14.4. The quantitative estimate of drug-likeness (QED) is 0.515. The van der Waals surface area contributed by atoms with Crippen molar-refractivity contribution in [2.24, 2.45) is 5.73 Å². The average Bonchev–Trinajstić information content (AvgIpc) is 3.12. The maximum atomic E-state index is 10.5. The van der Waals surface area contributed by atoms with Gasteiger partial charge in [-0.1, -0.05) is 12.1 Å². The zero-order valence-corrected chi connectivity index (χ0v) is 14.7. The Balaban J connectivity index is 1.89. The van der Waals surface area contributed by atoms with Crippen LogP contribution >= 0.6 is 0 Å². The van der Waals surface area contributed by atoms with Gasteiger partial charge in [-0.2, -0.15) is 5.10 Å². The number of pyridine rings is 2. The summed E-state index contributed by atoms with van der Waals surface area (Å²) in [5.74, 6) is 0.672. The molecule has 0 aliphatic heterocycles. The molecule has 4 aromatic rings. The van der Waals surface area contributed by atoms with Crippen LogP contribution in [0.4, 0.5) is 0 Å². The van der Waals surface area contributed by atoms with Gasteiger partial charge in [0, 0.05) is 11.6 Å². The van der Waals surface area contributed by atoms with Gasteiger partial charge in [0.15, 0.2) is 5.82 Å². The molecule has 0 spiro atoms. The fourth-order valence-electron chi connectivity index (χ4n) is 2.98. The van der Waals surface area contributed by atoms with E-state index in [0.717, 1.165) is 11.3 Å². The Kier molecular flexibility index (Phi) is 4.31. The first kappa shape index (κ1) is 17.1. The Morgan fingerprint density at radius 2 is 1.93 bits per heavy atom. The molecule has 0 fully saturated rings. The average molecular weight is 361 g/mol. The van der Waals surface area contributed by atoms with E-state index < -0.39 is 0 Å². The van der Waals surface area contributed by atoms with Crippen molar-refractivity contribution in [1.82, 2.24) is 19.7 Å². The first-order valence-electron chi connectivity index (χ1n) is 8.57. The lowest BCUT2D eigenvalue weighted by atomic mass is 10.1. The van der Waals surface area contributed by atoms with Crippen LogP contribution in [0, 0.1) is 0 Å². The number of phenolic OH excluding ortho intramolecular Hbond substituents is 1. The highest BCUT2D eigenvalue weighted by Gasteiger charge is 2.14. The number of aliphatic hydroxyl groups excluding tert-OH is 1. The largest absolute Gasteiger partial charge is 0.507 e. The number of nitrogens with two attached hydrogens (primary N) is 1. The van der Waals surface area contributed by atoms with Crippen LogP contribution in [0.2, 0.25) is 0 Å². The van der Waals surface area contributed by atoms with E-state index in [4.69, 9.17) is 5.73 Å². The predicted octanol–water partition coefficient (Wildman–Crippen LogP) is 2.70. The smallest absolute Gasteiger partial charge is 0.154 e. The van der Waals surface area contributed by atoms with Crippen molar-refractivity contribution >= 4 is 10.9 Å². The highest BCUT2D eigenvalue weighted by Crippen LogP contribution is 2.32. The maximum Gasteiger partial charge on any atom is 0.154 e. The zero-order chi connectivity index (χ0) is 19.0. The molecule has 7 nitrogen and oxygen atoms in total. The van der Waals surface area contributed by atoms with Crippen LogP contribution in [-0.4, -0.2) is 30.0 Å². The minimum atomic E-state index is -0.182. The van der Waals surface area contributed by atoms with Gasteiger partial charge in [-0.3, -0.25) is 4.98 Å². The van der Waals surface area contributed by atoms with E-state index in [1.54, 1.807) is 35.1 Å². The highest BCUT2D eigenvalue weighted by molar-refractivity contribution is 5.90. The molecule has 0 bridgehead atoms. The number of benzene rings is 1. The summed E-state index contributed by atoms with van der Waals surface area (Å²) in [5.41, 5.74) is 9.42. The van der Waals surface area contributed by atoms with Crippen molar-refractivity contribution < 1.29 is 10.2 Å². The maximum absolute atomic E-state index is 10.5. The van der Waals surface area contributed by atoms with Gasteiger partial charge in [0.05, 0.1) is 40.8 Å². The minimum absolute atomic E-state index is 0.111. The number of aromatic nitrogens is 4. The molecular weight excluding hydrogens is 342 g/mol. The molecule has 1 atom stereocenters. The predicted molar refractivity (Wildman–Crippen MR) is 102 cm³/mol. The van der Waals surface area contributed by atoms with Crippen LogP contribution in [0.5, 0.6) is 5.75 Å². The molecule has 7 heteroatoms. The second kappa shape index (κ2) is 6.79. The lowest BCUT2D eigenvalue weighted by Gasteiger charge is -2.09. The normalized spacial score (nSPS) is 12.4. The molecule has 0 amide bonds. The van der Waals surface area contributed by atoms with E-state index in [-0.39, 0.29) is 18.4 Å². The van der Waals surface area contributed by atoms with Crippen molar-refractivity contribution in [2.45, 2.75) is 19.6 Å². The Labute approximate surface area is 155 Å². The van der Waals surface area contributed by atoms with Gasteiger partial charge in [0.25, 0.3) is 0 Å². The van der Waals surface area contributed by atoms with Crippen molar-refractivity contribution in [3.05, 3.63) is 66.1 Å². The first-order valence-corrected chi connectivity index (χ1v) is 8.57. The summed E-state index contributed by atoms with van der Waals surface area (Å²) in [6.45, 7) is 1.72. The van der Waals surface area contributed by atoms with Crippen LogP contribution in [0.1, 0.15) is 24.4 Å². The van der Waals surface area contributed by atoms with Crippen LogP contribution in [0.15, 0.2) is 54.7 Å². The third-order valence-corrected chi connectivity index (χ3v) is 4.37. The Hall–Kier alpha value is -3.29. The van der Waals surface area contributed by atoms with E-state index in [9.17, 15) is 10.2 Å². The van der Waals surface area contributed by atoms with Crippen LogP contribution in [0.3, 0.4) is 0 Å². The number of hydrogen-bond acceptors (Lipinski definition) is 6. The molecule has 27 heavy (non-hydrogen) atoms. The number of aromatic hydroxyl groups is 1. The number of nitrogens with zero attached hydrogens (tertiary/aromatic N) is 4. The van der Waals surface area contributed by atoms with Crippen LogP contribution < -0.4 is 5.73 Å². The molecule has 0 saturated heterocycles. The lowest BCUT2D eigenvalue weighted by molar-refractivity contribution is 0.276. The third kappa shape index (κ3) is 3.14. The molecule has 0 aliphatic carbocycles. The number of hydrogen-bond donors (Lipinski definition) is 3. The Morgan fingerprint density at radius 1 is 1.11 bits per heavy atom. The number of rotatable bonds is 4. The van der Waals surface area contributed by atoms with E-state index in [2.05, 4.69) is 15.1 Å². The van der Waals surface area contributed by atoms with Crippen molar-refractivity contribution in [2.75, 3.05) is 0 Å². The topological polar surface area (TPSA) is 110 Å². The molecule has 136 valence electrons. The number of fused-ring (bicyclic) bond motifs is 1. The van der Waals surface area contributed by atoms with Gasteiger partial charge < -0.3 is 15.9 Å². The number of aliphatic hydroxyl groups is 1. The number of phenols is 1. The molecule has 1 aromatic carbocycles. The SMILES string of the molecule is C[C@H](N)c1cccc(-c2cc(O)c3cnn(-c4cccc(CO)n4)c3c2)n1. The molecule has 4 N–H and O–H groups in total. The van der Waals surface area contributed by atoms with Crippen LogP contribution in [0.25, 0.3) is 28.0 Å². The molecule has 3 heterocycles.